The molecule has 1 saturated heterocycles. The Morgan fingerprint density at radius 2 is 1.76 bits per heavy atom. The fourth-order valence-corrected chi connectivity index (χ4v) is 3.44. The van der Waals surface area contributed by atoms with Crippen molar-refractivity contribution in [3.05, 3.63) is 6.33 Å². The van der Waals surface area contributed by atoms with Crippen LogP contribution < -0.4 is 4.81 Å². The Hall–Kier alpha value is -1.01. The molecule has 0 saturated carbocycles. The number of hydrogen-bond acceptors (Lipinski definition) is 5. The summed E-state index contributed by atoms with van der Waals surface area (Å²) in [5.41, 5.74) is -0.0651. The molecule has 1 aromatic rings. The van der Waals surface area contributed by atoms with Gasteiger partial charge < -0.3 is 14.3 Å². The Balaban J connectivity index is 0.000000497. The zero-order chi connectivity index (χ0) is 15.9. The van der Waals surface area contributed by atoms with Crippen LogP contribution in [0, 0.1) is 0 Å². The third-order valence-electron chi connectivity index (χ3n) is 4.76. The number of likely N-dealkylation sites (N-methyl/N-ethyl adjacent to an activating group) is 1. The lowest BCUT2D eigenvalue weighted by Crippen LogP contribution is -2.74. The zero-order valence-corrected chi connectivity index (χ0v) is 14.7. The molecule has 0 amide bonds. The summed E-state index contributed by atoms with van der Waals surface area (Å²) in [6.07, 6.45) is 3.20. The van der Waals surface area contributed by atoms with Crippen LogP contribution >= 0.6 is 0 Å². The molecule has 0 radical (unpaired) electrons. The topological polar surface area (TPSA) is 40.4 Å². The number of rotatable bonds is 0. The molecule has 1 unspecified atom stereocenters. The van der Waals surface area contributed by atoms with Crippen LogP contribution in [-0.4, -0.2) is 58.5 Å². The molecule has 1 aromatic heterocycles. The standard InChI is InChI=1S/C10H20B2N6.C3H8/c1-10(2)8-15(5)11(3)16(6)12(4)17(8)9-13-7-14-18(9)10;1-3-2/h7-8H,1-6H3;3H2,1-2H3. The third kappa shape index (κ3) is 2.28. The highest BCUT2D eigenvalue weighted by atomic mass is 15.6. The van der Waals surface area contributed by atoms with Crippen molar-refractivity contribution in [2.45, 2.75) is 59.5 Å². The fourth-order valence-electron chi connectivity index (χ4n) is 3.44. The number of aromatic nitrogens is 3. The first-order valence-corrected chi connectivity index (χ1v) is 7.91. The van der Waals surface area contributed by atoms with Crippen molar-refractivity contribution < 1.29 is 0 Å². The SMILES string of the molecule is CB1N(C)B(C)N2c3ncnn3C(C)(C)C2N1C.CCC. The Labute approximate surface area is 129 Å². The van der Waals surface area contributed by atoms with Crippen LogP contribution in [0.2, 0.25) is 13.6 Å². The van der Waals surface area contributed by atoms with E-state index in [0.717, 1.165) is 5.95 Å². The Morgan fingerprint density at radius 3 is 2.33 bits per heavy atom. The van der Waals surface area contributed by atoms with Crippen LogP contribution in [0.1, 0.15) is 34.1 Å². The molecular weight excluding hydrogens is 262 g/mol. The van der Waals surface area contributed by atoms with Crippen LogP contribution in [0.4, 0.5) is 5.95 Å². The minimum Gasteiger partial charge on any atom is -0.354 e. The Bertz CT molecular complexity index is 491. The van der Waals surface area contributed by atoms with Crippen molar-refractivity contribution in [3.63, 3.8) is 0 Å². The van der Waals surface area contributed by atoms with Gasteiger partial charge in [0.2, 0.25) is 5.95 Å². The van der Waals surface area contributed by atoms with Crippen LogP contribution in [0.5, 0.6) is 0 Å². The van der Waals surface area contributed by atoms with Crippen LogP contribution in [0.3, 0.4) is 0 Å². The van der Waals surface area contributed by atoms with E-state index in [1.165, 1.54) is 6.42 Å². The first kappa shape index (κ1) is 16.4. The van der Waals surface area contributed by atoms with Crippen molar-refractivity contribution in [2.75, 3.05) is 18.9 Å². The molecule has 21 heavy (non-hydrogen) atoms. The lowest BCUT2D eigenvalue weighted by Gasteiger charge is -2.51. The molecule has 8 heteroatoms. The molecule has 3 rings (SSSR count). The predicted molar refractivity (Wildman–Crippen MR) is 90.3 cm³/mol. The monoisotopic (exact) mass is 290 g/mol. The molecule has 0 aromatic carbocycles. The van der Waals surface area contributed by atoms with Gasteiger partial charge in [0.15, 0.2) is 0 Å². The molecule has 3 heterocycles. The van der Waals surface area contributed by atoms with E-state index in [1.54, 1.807) is 6.33 Å². The molecule has 2 aliphatic heterocycles. The first-order chi connectivity index (χ1) is 9.78. The van der Waals surface area contributed by atoms with Gasteiger partial charge >= 0.3 is 6.98 Å². The van der Waals surface area contributed by atoms with E-state index in [2.05, 4.69) is 84.5 Å². The second-order valence-electron chi connectivity index (χ2n) is 6.71. The van der Waals surface area contributed by atoms with Crippen molar-refractivity contribution >= 4 is 19.9 Å². The maximum atomic E-state index is 4.45. The molecule has 0 N–H and O–H groups in total. The van der Waals surface area contributed by atoms with E-state index < -0.39 is 0 Å². The summed E-state index contributed by atoms with van der Waals surface area (Å²) in [7, 11) is 4.34. The zero-order valence-electron chi connectivity index (χ0n) is 14.7. The Kier molecular flexibility index (Phi) is 4.40. The summed E-state index contributed by atoms with van der Waals surface area (Å²) in [6.45, 7) is 13.9. The van der Waals surface area contributed by atoms with E-state index in [0.29, 0.717) is 20.1 Å². The fraction of sp³-hybridized carbons (Fsp3) is 0.846. The van der Waals surface area contributed by atoms with E-state index in [-0.39, 0.29) is 5.54 Å². The summed E-state index contributed by atoms with van der Waals surface area (Å²) in [5, 5.41) is 4.41. The van der Waals surface area contributed by atoms with Crippen LogP contribution in [0.15, 0.2) is 6.33 Å². The van der Waals surface area contributed by atoms with Gasteiger partial charge in [-0.25, -0.2) is 9.67 Å². The van der Waals surface area contributed by atoms with Gasteiger partial charge in [0.1, 0.15) is 6.33 Å². The van der Waals surface area contributed by atoms with Gasteiger partial charge in [-0.15, -0.1) is 0 Å². The van der Waals surface area contributed by atoms with Crippen molar-refractivity contribution in [3.8, 4) is 0 Å². The summed E-state index contributed by atoms with van der Waals surface area (Å²) in [6, 6.07) is 0. The molecule has 2 aliphatic rings. The van der Waals surface area contributed by atoms with Gasteiger partial charge in [-0.2, -0.15) is 5.10 Å². The van der Waals surface area contributed by atoms with Gasteiger partial charge in [-0.1, -0.05) is 33.9 Å². The predicted octanol–water partition coefficient (Wildman–Crippen LogP) is 1.69. The van der Waals surface area contributed by atoms with Gasteiger partial charge in [0, 0.05) is 0 Å². The van der Waals surface area contributed by atoms with Gasteiger partial charge in [-0.05, 0) is 27.9 Å². The minimum absolute atomic E-state index is 0.0651. The highest BCUT2D eigenvalue weighted by Gasteiger charge is 2.56. The highest BCUT2D eigenvalue weighted by molar-refractivity contribution is 6.73. The Morgan fingerprint density at radius 1 is 1.19 bits per heavy atom. The lowest BCUT2D eigenvalue weighted by molar-refractivity contribution is 0.193. The number of nitrogens with zero attached hydrogens (tertiary/aromatic N) is 6. The maximum absolute atomic E-state index is 4.45. The molecular formula is C13H28B2N6. The lowest BCUT2D eigenvalue weighted by atomic mass is 9.57. The van der Waals surface area contributed by atoms with Gasteiger partial charge in [-0.3, -0.25) is 0 Å². The van der Waals surface area contributed by atoms with Crippen molar-refractivity contribution in [1.29, 1.82) is 0 Å². The molecule has 6 nitrogen and oxygen atoms in total. The number of fused-ring (bicyclic) bond motifs is 3. The molecule has 1 atom stereocenters. The van der Waals surface area contributed by atoms with Crippen molar-refractivity contribution in [1.82, 2.24) is 24.3 Å². The summed E-state index contributed by atoms with van der Waals surface area (Å²) in [5.74, 6) is 0.975. The maximum Gasteiger partial charge on any atom is 0.333 e. The summed E-state index contributed by atoms with van der Waals surface area (Å²) in [4.78, 5) is 9.21. The van der Waals surface area contributed by atoms with Crippen LogP contribution in [0.25, 0.3) is 0 Å². The average Bonchev–Trinajstić information content (AvgIpc) is 2.97. The van der Waals surface area contributed by atoms with E-state index in [1.807, 2.05) is 0 Å². The largest absolute Gasteiger partial charge is 0.354 e. The van der Waals surface area contributed by atoms with Crippen molar-refractivity contribution in [2.24, 2.45) is 0 Å². The summed E-state index contributed by atoms with van der Waals surface area (Å²) >= 11 is 0. The van der Waals surface area contributed by atoms with E-state index in [9.17, 15) is 0 Å². The van der Waals surface area contributed by atoms with Crippen LogP contribution in [-0.2, 0) is 5.54 Å². The van der Waals surface area contributed by atoms with Gasteiger partial charge in [0.25, 0.3) is 6.98 Å². The second-order valence-corrected chi connectivity index (χ2v) is 6.71. The normalized spacial score (nSPS) is 24.6. The molecule has 116 valence electrons. The average molecular weight is 290 g/mol. The van der Waals surface area contributed by atoms with E-state index in [4.69, 9.17) is 0 Å². The number of anilines is 1. The molecule has 0 spiro atoms. The molecule has 0 aliphatic carbocycles. The summed E-state index contributed by atoms with van der Waals surface area (Å²) < 4.78 is 4.41. The smallest absolute Gasteiger partial charge is 0.333 e. The quantitative estimate of drug-likeness (QED) is 0.680. The third-order valence-corrected chi connectivity index (χ3v) is 4.76. The van der Waals surface area contributed by atoms with E-state index >= 15 is 0 Å². The highest BCUT2D eigenvalue weighted by Crippen LogP contribution is 2.41. The molecule has 0 bridgehead atoms. The second kappa shape index (κ2) is 5.65. The van der Waals surface area contributed by atoms with Gasteiger partial charge in [0.05, 0.1) is 11.7 Å². The first-order valence-electron chi connectivity index (χ1n) is 7.91. The number of hydrogen-bond donors (Lipinski definition) is 0. The minimum atomic E-state index is -0.0651. The molecule has 1 fully saturated rings.